The van der Waals surface area contributed by atoms with E-state index >= 15 is 0 Å². The van der Waals surface area contributed by atoms with E-state index in [9.17, 15) is 9.59 Å². The van der Waals surface area contributed by atoms with Crippen molar-refractivity contribution in [3.63, 3.8) is 0 Å². The summed E-state index contributed by atoms with van der Waals surface area (Å²) in [5, 5.41) is 3.08. The fraction of sp³-hybridized carbons (Fsp3) is 0.0312. The number of rotatable bonds is 7. The Morgan fingerprint density at radius 1 is 0.737 bits per heavy atom. The molecule has 2 aromatic heterocycles. The molecule has 0 aliphatic carbocycles. The second-order valence-electron chi connectivity index (χ2n) is 8.72. The summed E-state index contributed by atoms with van der Waals surface area (Å²) in [6, 6.07) is 37.1. The lowest BCUT2D eigenvalue weighted by Crippen LogP contribution is -2.22. The number of hydrogen-bond donors (Lipinski definition) is 0. The standard InChI is InChI=1S/C32H22N2O2S2/c35-28(25-18-16-23(17-19-25)22-10-4-1-5-11-22)21-38-32-33-30-29(27(20-37-30)24-12-6-2-7-13-24)31(36)34(32)26-14-8-3-9-15-26/h1-20H,21H2. The number of para-hydroxylation sites is 1. The van der Waals surface area contributed by atoms with E-state index in [4.69, 9.17) is 4.98 Å². The summed E-state index contributed by atoms with van der Waals surface area (Å²) >= 11 is 2.74. The Labute approximate surface area is 228 Å². The molecule has 6 heteroatoms. The molecule has 0 aliphatic rings. The highest BCUT2D eigenvalue weighted by molar-refractivity contribution is 7.99. The summed E-state index contributed by atoms with van der Waals surface area (Å²) in [6.07, 6.45) is 0. The first-order valence-corrected chi connectivity index (χ1v) is 14.0. The van der Waals surface area contributed by atoms with Crippen LogP contribution in [0.1, 0.15) is 10.4 Å². The summed E-state index contributed by atoms with van der Waals surface area (Å²) in [6.45, 7) is 0. The van der Waals surface area contributed by atoms with Crippen molar-refractivity contribution in [3.05, 3.63) is 137 Å². The van der Waals surface area contributed by atoms with E-state index in [-0.39, 0.29) is 17.1 Å². The van der Waals surface area contributed by atoms with Crippen molar-refractivity contribution in [2.75, 3.05) is 5.75 Å². The zero-order valence-corrected chi connectivity index (χ0v) is 21.9. The van der Waals surface area contributed by atoms with Gasteiger partial charge >= 0.3 is 0 Å². The second kappa shape index (κ2) is 10.6. The van der Waals surface area contributed by atoms with Crippen molar-refractivity contribution >= 4 is 39.1 Å². The molecule has 0 unspecified atom stereocenters. The fourth-order valence-corrected chi connectivity index (χ4v) is 6.29. The second-order valence-corrected chi connectivity index (χ2v) is 10.5. The molecule has 0 aliphatic heterocycles. The summed E-state index contributed by atoms with van der Waals surface area (Å²) in [4.78, 5) is 32.6. The molecule has 0 fully saturated rings. The van der Waals surface area contributed by atoms with Crippen molar-refractivity contribution in [1.82, 2.24) is 9.55 Å². The van der Waals surface area contributed by atoms with Gasteiger partial charge in [-0.1, -0.05) is 115 Å². The Bertz CT molecular complexity index is 1780. The van der Waals surface area contributed by atoms with Gasteiger partial charge < -0.3 is 0 Å². The Morgan fingerprint density at radius 3 is 1.97 bits per heavy atom. The maximum Gasteiger partial charge on any atom is 0.268 e. The minimum absolute atomic E-state index is 0.0141. The number of carbonyl (C=O) groups excluding carboxylic acids is 1. The Kier molecular flexibility index (Phi) is 6.73. The van der Waals surface area contributed by atoms with Crippen molar-refractivity contribution < 1.29 is 4.79 Å². The van der Waals surface area contributed by atoms with Crippen LogP contribution in [0.3, 0.4) is 0 Å². The molecule has 0 atom stereocenters. The zero-order valence-electron chi connectivity index (χ0n) is 20.3. The number of benzene rings is 4. The van der Waals surface area contributed by atoms with Crippen LogP contribution >= 0.6 is 23.1 Å². The van der Waals surface area contributed by atoms with Gasteiger partial charge in [-0.15, -0.1) is 11.3 Å². The van der Waals surface area contributed by atoms with Gasteiger partial charge in [0.05, 0.1) is 16.8 Å². The van der Waals surface area contributed by atoms with Crippen LogP contribution in [0.2, 0.25) is 0 Å². The SMILES string of the molecule is O=C(CSc1nc2scc(-c3ccccc3)c2c(=O)n1-c1ccccc1)c1ccc(-c2ccccc2)cc1. The number of ketones is 1. The van der Waals surface area contributed by atoms with Gasteiger partial charge in [-0.3, -0.25) is 14.2 Å². The van der Waals surface area contributed by atoms with Crippen LogP contribution < -0.4 is 5.56 Å². The van der Waals surface area contributed by atoms with Crippen molar-refractivity contribution in [2.45, 2.75) is 5.16 Å². The summed E-state index contributed by atoms with van der Waals surface area (Å²) in [5.74, 6) is 0.159. The number of Topliss-reactive ketones (excluding diaryl/α,β-unsaturated/α-hetero) is 1. The van der Waals surface area contributed by atoms with Crippen LogP contribution in [-0.4, -0.2) is 21.1 Å². The van der Waals surface area contributed by atoms with Crippen LogP contribution in [0.25, 0.3) is 38.2 Å². The van der Waals surface area contributed by atoms with E-state index < -0.39 is 0 Å². The molecule has 0 bridgehead atoms. The summed E-state index contributed by atoms with van der Waals surface area (Å²) in [5.41, 5.74) is 5.24. The van der Waals surface area contributed by atoms with E-state index in [0.29, 0.717) is 20.9 Å². The predicted molar refractivity (Wildman–Crippen MR) is 158 cm³/mol. The molecule has 0 amide bonds. The Hall–Kier alpha value is -4.26. The van der Waals surface area contributed by atoms with E-state index in [2.05, 4.69) is 0 Å². The van der Waals surface area contributed by atoms with Gasteiger partial charge in [0.15, 0.2) is 10.9 Å². The normalized spacial score (nSPS) is 11.1. The molecule has 0 saturated heterocycles. The molecular weight excluding hydrogens is 508 g/mol. The number of thiophene rings is 1. The minimum atomic E-state index is -0.136. The number of hydrogen-bond acceptors (Lipinski definition) is 5. The van der Waals surface area contributed by atoms with Crippen molar-refractivity contribution in [3.8, 4) is 27.9 Å². The largest absolute Gasteiger partial charge is 0.293 e. The third-order valence-electron chi connectivity index (χ3n) is 6.32. The molecule has 4 nitrogen and oxygen atoms in total. The zero-order chi connectivity index (χ0) is 25.9. The van der Waals surface area contributed by atoms with Crippen LogP contribution in [0.4, 0.5) is 0 Å². The molecule has 6 rings (SSSR count). The highest BCUT2D eigenvalue weighted by Crippen LogP contribution is 2.33. The van der Waals surface area contributed by atoms with Crippen molar-refractivity contribution in [2.24, 2.45) is 0 Å². The Balaban J connectivity index is 1.34. The van der Waals surface area contributed by atoms with E-state index in [1.807, 2.05) is 121 Å². The topological polar surface area (TPSA) is 52.0 Å². The van der Waals surface area contributed by atoms with E-state index in [0.717, 1.165) is 27.9 Å². The number of fused-ring (bicyclic) bond motifs is 1. The van der Waals surface area contributed by atoms with Crippen LogP contribution in [-0.2, 0) is 0 Å². The van der Waals surface area contributed by atoms with Crippen molar-refractivity contribution in [1.29, 1.82) is 0 Å². The summed E-state index contributed by atoms with van der Waals surface area (Å²) in [7, 11) is 0. The average molecular weight is 531 g/mol. The summed E-state index contributed by atoms with van der Waals surface area (Å²) < 4.78 is 1.62. The molecule has 0 radical (unpaired) electrons. The van der Waals surface area contributed by atoms with Gasteiger partial charge in [0.2, 0.25) is 0 Å². The van der Waals surface area contributed by atoms with Gasteiger partial charge in [0, 0.05) is 16.5 Å². The lowest BCUT2D eigenvalue weighted by Gasteiger charge is -2.12. The molecule has 6 aromatic rings. The monoisotopic (exact) mass is 530 g/mol. The lowest BCUT2D eigenvalue weighted by atomic mass is 10.0. The van der Waals surface area contributed by atoms with Crippen LogP contribution in [0, 0.1) is 0 Å². The fourth-order valence-electron chi connectivity index (χ4n) is 4.40. The molecule has 4 aromatic carbocycles. The molecule has 184 valence electrons. The maximum atomic E-state index is 13.9. The molecule has 38 heavy (non-hydrogen) atoms. The smallest absolute Gasteiger partial charge is 0.268 e. The third-order valence-corrected chi connectivity index (χ3v) is 8.13. The lowest BCUT2D eigenvalue weighted by molar-refractivity contribution is 0.102. The van der Waals surface area contributed by atoms with E-state index in [1.54, 1.807) is 4.57 Å². The predicted octanol–water partition coefficient (Wildman–Crippen LogP) is 7.76. The molecule has 0 saturated carbocycles. The third kappa shape index (κ3) is 4.72. The van der Waals surface area contributed by atoms with Crippen LogP contribution in [0.15, 0.2) is 131 Å². The van der Waals surface area contributed by atoms with Gasteiger partial charge in [-0.05, 0) is 28.8 Å². The Morgan fingerprint density at radius 2 is 1.32 bits per heavy atom. The number of thioether (sulfide) groups is 1. The highest BCUT2D eigenvalue weighted by Gasteiger charge is 2.19. The molecule has 0 N–H and O–H groups in total. The van der Waals surface area contributed by atoms with Gasteiger partial charge in [0.1, 0.15) is 4.83 Å². The van der Waals surface area contributed by atoms with E-state index in [1.165, 1.54) is 23.1 Å². The first kappa shape index (κ1) is 24.1. The first-order valence-electron chi connectivity index (χ1n) is 12.2. The average Bonchev–Trinajstić information content (AvgIpc) is 3.42. The number of carbonyl (C=O) groups is 1. The molecule has 0 spiro atoms. The maximum absolute atomic E-state index is 13.9. The number of aromatic nitrogens is 2. The van der Waals surface area contributed by atoms with Gasteiger partial charge in [0.25, 0.3) is 5.56 Å². The minimum Gasteiger partial charge on any atom is -0.293 e. The van der Waals surface area contributed by atoms with Gasteiger partial charge in [-0.2, -0.15) is 0 Å². The highest BCUT2D eigenvalue weighted by atomic mass is 32.2. The quantitative estimate of drug-likeness (QED) is 0.120. The number of nitrogens with zero attached hydrogens (tertiary/aromatic N) is 2. The van der Waals surface area contributed by atoms with Crippen LogP contribution in [0.5, 0.6) is 0 Å². The van der Waals surface area contributed by atoms with Gasteiger partial charge in [-0.25, -0.2) is 4.98 Å². The molecular formula is C32H22N2O2S2. The molecule has 2 heterocycles. The first-order chi connectivity index (χ1) is 18.7.